The van der Waals surface area contributed by atoms with Gasteiger partial charge in [-0.15, -0.1) is 0 Å². The molecule has 1 amide bonds. The van der Waals surface area contributed by atoms with Crippen LogP contribution in [0.25, 0.3) is 0 Å². The molecule has 0 saturated heterocycles. The molecule has 0 unspecified atom stereocenters. The van der Waals surface area contributed by atoms with Crippen LogP contribution in [-0.2, 0) is 11.3 Å². The second kappa shape index (κ2) is 8.20. The van der Waals surface area contributed by atoms with E-state index in [0.29, 0.717) is 10.0 Å². The van der Waals surface area contributed by atoms with E-state index < -0.39 is 6.09 Å². The zero-order valence-electron chi connectivity index (χ0n) is 11.6. The molecule has 112 valence electrons. The summed E-state index contributed by atoms with van der Waals surface area (Å²) < 4.78 is 18.4. The lowest BCUT2D eigenvalue weighted by Gasteiger charge is -2.04. The van der Waals surface area contributed by atoms with Crippen LogP contribution in [0, 0.1) is 17.7 Å². The molecular weight excluding hydrogens is 349 g/mol. The molecule has 3 nitrogen and oxygen atoms in total. The van der Waals surface area contributed by atoms with Crippen molar-refractivity contribution in [1.29, 1.82) is 0 Å². The number of carbonyl (C=O) groups is 1. The summed E-state index contributed by atoms with van der Waals surface area (Å²) in [6.45, 7) is 0.369. The monoisotopic (exact) mass is 361 g/mol. The molecule has 0 aliphatic rings. The Balaban J connectivity index is 1.75. The van der Waals surface area contributed by atoms with Gasteiger partial charge >= 0.3 is 6.09 Å². The summed E-state index contributed by atoms with van der Waals surface area (Å²) >= 11 is 3.09. The van der Waals surface area contributed by atoms with E-state index in [1.54, 1.807) is 12.1 Å². The average Bonchev–Trinajstić information content (AvgIpc) is 2.54. The minimum Gasteiger partial charge on any atom is -0.445 e. The Morgan fingerprint density at radius 2 is 2.00 bits per heavy atom. The van der Waals surface area contributed by atoms with Gasteiger partial charge in [-0.05, 0) is 39.7 Å². The highest BCUT2D eigenvalue weighted by Crippen LogP contribution is 2.15. The molecule has 0 fully saturated rings. The topological polar surface area (TPSA) is 38.3 Å². The third kappa shape index (κ3) is 5.23. The second-order valence-corrected chi connectivity index (χ2v) is 5.20. The maximum atomic E-state index is 13.0. The number of nitrogens with one attached hydrogen (secondary N) is 1. The molecule has 2 rings (SSSR count). The third-order valence-electron chi connectivity index (χ3n) is 2.69. The molecule has 0 aromatic heterocycles. The van der Waals surface area contributed by atoms with Gasteiger partial charge in [-0.3, -0.25) is 0 Å². The second-order valence-electron chi connectivity index (χ2n) is 4.35. The fourth-order valence-electron chi connectivity index (χ4n) is 1.61. The number of hydrogen-bond acceptors (Lipinski definition) is 2. The summed E-state index contributed by atoms with van der Waals surface area (Å²) in [5, 5.41) is 2.53. The number of halogens is 2. The highest BCUT2D eigenvalue weighted by molar-refractivity contribution is 9.10. The van der Waals surface area contributed by atoms with Gasteiger partial charge in [0.2, 0.25) is 0 Å². The standard InChI is InChI=1S/C17H13BrFNO2/c18-15-11-13(8-9-16(15)19)7-4-10-20-17(21)22-12-14-5-2-1-3-6-14/h1-3,5-6,8-9,11H,10,12H2,(H,20,21). The predicted molar refractivity (Wildman–Crippen MR) is 85.6 cm³/mol. The summed E-state index contributed by atoms with van der Waals surface area (Å²) in [6, 6.07) is 13.9. The molecule has 0 aliphatic carbocycles. The van der Waals surface area contributed by atoms with Crippen LogP contribution in [-0.4, -0.2) is 12.6 Å². The van der Waals surface area contributed by atoms with Gasteiger partial charge in [0, 0.05) is 5.56 Å². The van der Waals surface area contributed by atoms with Crippen LogP contribution in [0.2, 0.25) is 0 Å². The van der Waals surface area contributed by atoms with Crippen molar-refractivity contribution in [3.8, 4) is 11.8 Å². The molecule has 0 saturated carbocycles. The highest BCUT2D eigenvalue weighted by atomic mass is 79.9. The normalized spacial score (nSPS) is 9.55. The number of rotatable bonds is 3. The van der Waals surface area contributed by atoms with Crippen molar-refractivity contribution in [2.75, 3.05) is 6.54 Å². The van der Waals surface area contributed by atoms with Crippen LogP contribution in [0.1, 0.15) is 11.1 Å². The van der Waals surface area contributed by atoms with Crippen molar-refractivity contribution < 1.29 is 13.9 Å². The van der Waals surface area contributed by atoms with E-state index in [2.05, 4.69) is 33.1 Å². The van der Waals surface area contributed by atoms with Crippen molar-refractivity contribution in [2.24, 2.45) is 0 Å². The Kier molecular flexibility index (Phi) is 5.99. The SMILES string of the molecule is O=C(NCC#Cc1ccc(F)c(Br)c1)OCc1ccccc1. The Bertz CT molecular complexity index is 708. The lowest BCUT2D eigenvalue weighted by atomic mass is 10.2. The van der Waals surface area contributed by atoms with Crippen molar-refractivity contribution in [1.82, 2.24) is 5.32 Å². The average molecular weight is 362 g/mol. The van der Waals surface area contributed by atoms with Gasteiger partial charge in [0.05, 0.1) is 11.0 Å². The first-order valence-electron chi connectivity index (χ1n) is 6.53. The first kappa shape index (κ1) is 16.1. The Hall–Kier alpha value is -2.32. The van der Waals surface area contributed by atoms with Gasteiger partial charge in [-0.2, -0.15) is 0 Å². The maximum absolute atomic E-state index is 13.0. The highest BCUT2D eigenvalue weighted by Gasteiger charge is 2.00. The van der Waals surface area contributed by atoms with E-state index in [9.17, 15) is 9.18 Å². The van der Waals surface area contributed by atoms with E-state index in [1.165, 1.54) is 6.07 Å². The van der Waals surface area contributed by atoms with Crippen LogP contribution in [0.3, 0.4) is 0 Å². The molecule has 22 heavy (non-hydrogen) atoms. The summed E-state index contributed by atoms with van der Waals surface area (Å²) in [7, 11) is 0. The minimum absolute atomic E-state index is 0.155. The Morgan fingerprint density at radius 1 is 1.23 bits per heavy atom. The van der Waals surface area contributed by atoms with E-state index in [-0.39, 0.29) is 19.0 Å². The number of amides is 1. The van der Waals surface area contributed by atoms with Crippen LogP contribution in [0.15, 0.2) is 53.0 Å². The van der Waals surface area contributed by atoms with Crippen molar-refractivity contribution >= 4 is 22.0 Å². The molecule has 0 atom stereocenters. The zero-order valence-corrected chi connectivity index (χ0v) is 13.2. The summed E-state index contributed by atoms with van der Waals surface area (Å²) in [5.41, 5.74) is 1.58. The Morgan fingerprint density at radius 3 is 2.73 bits per heavy atom. The van der Waals surface area contributed by atoms with E-state index in [4.69, 9.17) is 4.74 Å². The quantitative estimate of drug-likeness (QED) is 0.842. The van der Waals surface area contributed by atoms with Crippen molar-refractivity contribution in [2.45, 2.75) is 6.61 Å². The number of benzene rings is 2. The number of hydrogen-bond donors (Lipinski definition) is 1. The van der Waals surface area contributed by atoms with Crippen LogP contribution in [0.5, 0.6) is 0 Å². The molecule has 0 heterocycles. The van der Waals surface area contributed by atoms with Crippen LogP contribution < -0.4 is 5.32 Å². The zero-order chi connectivity index (χ0) is 15.8. The fraction of sp³-hybridized carbons (Fsp3) is 0.118. The molecule has 0 bridgehead atoms. The minimum atomic E-state index is -0.529. The molecule has 1 N–H and O–H groups in total. The lowest BCUT2D eigenvalue weighted by molar-refractivity contribution is 0.141. The third-order valence-corrected chi connectivity index (χ3v) is 3.29. The summed E-state index contributed by atoms with van der Waals surface area (Å²) in [5.74, 6) is 5.26. The van der Waals surface area contributed by atoms with Crippen molar-refractivity contribution in [3.05, 3.63) is 69.9 Å². The smallest absolute Gasteiger partial charge is 0.408 e. The van der Waals surface area contributed by atoms with Crippen molar-refractivity contribution in [3.63, 3.8) is 0 Å². The van der Waals surface area contributed by atoms with Gasteiger partial charge in [0.15, 0.2) is 0 Å². The molecule has 0 radical (unpaired) electrons. The van der Waals surface area contributed by atoms with Crippen LogP contribution in [0.4, 0.5) is 9.18 Å². The first-order valence-corrected chi connectivity index (χ1v) is 7.33. The fourth-order valence-corrected chi connectivity index (χ4v) is 1.99. The largest absolute Gasteiger partial charge is 0.445 e. The van der Waals surface area contributed by atoms with Gasteiger partial charge in [0.1, 0.15) is 12.4 Å². The maximum Gasteiger partial charge on any atom is 0.408 e. The first-order chi connectivity index (χ1) is 10.6. The molecule has 0 spiro atoms. The number of carbonyl (C=O) groups excluding carboxylic acids is 1. The number of alkyl carbamates (subject to hydrolysis) is 1. The van der Waals surface area contributed by atoms with Crippen LogP contribution >= 0.6 is 15.9 Å². The Labute approximate surface area is 136 Å². The molecule has 2 aromatic carbocycles. The molecule has 5 heteroatoms. The van der Waals surface area contributed by atoms with Gasteiger partial charge in [-0.1, -0.05) is 42.2 Å². The predicted octanol–water partition coefficient (Wildman–Crippen LogP) is 3.87. The van der Waals surface area contributed by atoms with E-state index >= 15 is 0 Å². The number of ether oxygens (including phenoxy) is 1. The molecule has 2 aromatic rings. The van der Waals surface area contributed by atoms with Gasteiger partial charge < -0.3 is 10.1 Å². The van der Waals surface area contributed by atoms with E-state index in [1.807, 2.05) is 30.3 Å². The van der Waals surface area contributed by atoms with Gasteiger partial charge in [0.25, 0.3) is 0 Å². The molecule has 0 aliphatic heterocycles. The van der Waals surface area contributed by atoms with E-state index in [0.717, 1.165) is 5.56 Å². The lowest BCUT2D eigenvalue weighted by Crippen LogP contribution is -2.24. The summed E-state index contributed by atoms with van der Waals surface area (Å²) in [4.78, 5) is 11.5. The molecular formula is C17H13BrFNO2. The summed E-state index contributed by atoms with van der Waals surface area (Å²) in [6.07, 6.45) is -0.529. The van der Waals surface area contributed by atoms with Gasteiger partial charge in [-0.25, -0.2) is 9.18 Å².